The molecular formula is C9H13NO2S. The Kier molecular flexibility index (Phi) is 3.06. The predicted molar refractivity (Wildman–Crippen MR) is 52.9 cm³/mol. The van der Waals surface area contributed by atoms with Crippen LogP contribution in [0.2, 0.25) is 0 Å². The van der Waals surface area contributed by atoms with Crippen LogP contribution in [0.25, 0.3) is 0 Å². The molecule has 1 aromatic carbocycles. The molecule has 0 saturated carbocycles. The second-order valence-corrected chi connectivity index (χ2v) is 4.92. The molecule has 13 heavy (non-hydrogen) atoms. The molecule has 0 amide bonds. The highest BCUT2D eigenvalue weighted by Gasteiger charge is 2.00. The van der Waals surface area contributed by atoms with E-state index in [9.17, 15) is 8.42 Å². The van der Waals surface area contributed by atoms with Gasteiger partial charge in [-0.3, -0.25) is 0 Å². The summed E-state index contributed by atoms with van der Waals surface area (Å²) in [7, 11) is -3.09. The summed E-state index contributed by atoms with van der Waals surface area (Å²) in [5.41, 5.74) is 2.11. The molecule has 72 valence electrons. The fourth-order valence-electron chi connectivity index (χ4n) is 1.04. The van der Waals surface area contributed by atoms with Gasteiger partial charge in [0.25, 0.3) is 0 Å². The second kappa shape index (κ2) is 3.89. The van der Waals surface area contributed by atoms with Crippen molar-refractivity contribution in [2.75, 3.05) is 6.26 Å². The molecule has 0 atom stereocenters. The summed E-state index contributed by atoms with van der Waals surface area (Å²) in [4.78, 5) is 0. The van der Waals surface area contributed by atoms with Crippen LogP contribution in [0.5, 0.6) is 0 Å². The number of hydrogen-bond donors (Lipinski definition) is 1. The summed E-state index contributed by atoms with van der Waals surface area (Å²) < 4.78 is 24.0. The third kappa shape index (κ3) is 4.05. The maximum atomic E-state index is 10.8. The van der Waals surface area contributed by atoms with Gasteiger partial charge in [-0.2, -0.15) is 0 Å². The van der Waals surface area contributed by atoms with E-state index in [1.165, 1.54) is 0 Å². The number of nitrogens with one attached hydrogen (secondary N) is 1. The van der Waals surface area contributed by atoms with Gasteiger partial charge in [0.15, 0.2) is 0 Å². The molecule has 0 bridgehead atoms. The normalized spacial score (nSPS) is 11.5. The molecule has 0 spiro atoms. The Hall–Kier alpha value is -0.870. The van der Waals surface area contributed by atoms with Crippen LogP contribution in [0.1, 0.15) is 11.1 Å². The smallest absolute Gasteiger partial charge is 0.209 e. The fourth-order valence-corrected chi connectivity index (χ4v) is 1.47. The van der Waals surface area contributed by atoms with Gasteiger partial charge in [0, 0.05) is 6.54 Å². The number of sulfonamides is 1. The quantitative estimate of drug-likeness (QED) is 0.790. The Morgan fingerprint density at radius 3 is 2.62 bits per heavy atom. The lowest BCUT2D eigenvalue weighted by molar-refractivity contribution is 0.587. The monoisotopic (exact) mass is 199 g/mol. The molecule has 0 unspecified atom stereocenters. The van der Waals surface area contributed by atoms with E-state index >= 15 is 0 Å². The lowest BCUT2D eigenvalue weighted by Gasteiger charge is -2.02. The van der Waals surface area contributed by atoms with E-state index in [4.69, 9.17) is 0 Å². The number of aryl methyl sites for hydroxylation is 1. The Balaban J connectivity index is 2.65. The highest BCUT2D eigenvalue weighted by molar-refractivity contribution is 7.88. The zero-order valence-corrected chi connectivity index (χ0v) is 8.56. The minimum atomic E-state index is -3.09. The van der Waals surface area contributed by atoms with Gasteiger partial charge < -0.3 is 0 Å². The Morgan fingerprint density at radius 2 is 2.08 bits per heavy atom. The van der Waals surface area contributed by atoms with Crippen LogP contribution >= 0.6 is 0 Å². The van der Waals surface area contributed by atoms with Crippen LogP contribution in [0.4, 0.5) is 0 Å². The van der Waals surface area contributed by atoms with Crippen LogP contribution in [-0.2, 0) is 16.6 Å². The summed E-state index contributed by atoms with van der Waals surface area (Å²) in [5, 5.41) is 0. The number of benzene rings is 1. The van der Waals surface area contributed by atoms with Gasteiger partial charge in [-0.1, -0.05) is 29.8 Å². The van der Waals surface area contributed by atoms with Crippen LogP contribution < -0.4 is 4.72 Å². The SMILES string of the molecule is Cc1cccc(CNS(C)(=O)=O)c1. The molecule has 1 N–H and O–H groups in total. The van der Waals surface area contributed by atoms with E-state index in [1.807, 2.05) is 31.2 Å². The first kappa shape index (κ1) is 10.2. The van der Waals surface area contributed by atoms with E-state index in [0.29, 0.717) is 6.54 Å². The van der Waals surface area contributed by atoms with Crippen molar-refractivity contribution in [1.82, 2.24) is 4.72 Å². The molecular weight excluding hydrogens is 186 g/mol. The topological polar surface area (TPSA) is 46.2 Å². The van der Waals surface area contributed by atoms with Crippen LogP contribution in [-0.4, -0.2) is 14.7 Å². The van der Waals surface area contributed by atoms with Crippen molar-refractivity contribution in [2.24, 2.45) is 0 Å². The van der Waals surface area contributed by atoms with Crippen molar-refractivity contribution in [3.05, 3.63) is 35.4 Å². The molecule has 3 nitrogen and oxygen atoms in total. The van der Waals surface area contributed by atoms with Crippen molar-refractivity contribution in [3.63, 3.8) is 0 Å². The molecule has 0 saturated heterocycles. The molecule has 0 heterocycles. The van der Waals surface area contributed by atoms with Gasteiger partial charge in [-0.05, 0) is 12.5 Å². The fraction of sp³-hybridized carbons (Fsp3) is 0.333. The van der Waals surface area contributed by atoms with E-state index in [0.717, 1.165) is 17.4 Å². The molecule has 0 aliphatic heterocycles. The van der Waals surface area contributed by atoms with Gasteiger partial charge in [-0.15, -0.1) is 0 Å². The first-order valence-electron chi connectivity index (χ1n) is 3.97. The summed E-state index contributed by atoms with van der Waals surface area (Å²) in [5.74, 6) is 0. The minimum Gasteiger partial charge on any atom is -0.213 e. The minimum absolute atomic E-state index is 0.362. The molecule has 0 fully saturated rings. The van der Waals surface area contributed by atoms with Crippen LogP contribution in [0.15, 0.2) is 24.3 Å². The molecule has 0 radical (unpaired) electrons. The third-order valence-corrected chi connectivity index (χ3v) is 2.29. The van der Waals surface area contributed by atoms with Crippen molar-refractivity contribution >= 4 is 10.0 Å². The highest BCUT2D eigenvalue weighted by atomic mass is 32.2. The van der Waals surface area contributed by atoms with Gasteiger partial charge in [-0.25, -0.2) is 13.1 Å². The highest BCUT2D eigenvalue weighted by Crippen LogP contribution is 2.03. The molecule has 1 aromatic rings. The average molecular weight is 199 g/mol. The third-order valence-electron chi connectivity index (χ3n) is 1.62. The summed E-state index contributed by atoms with van der Waals surface area (Å²) in [6, 6.07) is 7.74. The summed E-state index contributed by atoms with van der Waals surface area (Å²) in [6.45, 7) is 2.34. The van der Waals surface area contributed by atoms with E-state index in [1.54, 1.807) is 0 Å². The Morgan fingerprint density at radius 1 is 1.38 bits per heavy atom. The van der Waals surface area contributed by atoms with Crippen molar-refractivity contribution < 1.29 is 8.42 Å². The molecule has 0 aliphatic rings. The van der Waals surface area contributed by atoms with Crippen LogP contribution in [0, 0.1) is 6.92 Å². The first-order valence-corrected chi connectivity index (χ1v) is 5.87. The van der Waals surface area contributed by atoms with Gasteiger partial charge in [0.2, 0.25) is 10.0 Å². The molecule has 0 aliphatic carbocycles. The molecule has 0 aromatic heterocycles. The lowest BCUT2D eigenvalue weighted by Crippen LogP contribution is -2.21. The standard InChI is InChI=1S/C9H13NO2S/c1-8-4-3-5-9(6-8)7-10-13(2,11)12/h3-6,10H,7H2,1-2H3. The summed E-state index contributed by atoms with van der Waals surface area (Å²) in [6.07, 6.45) is 1.16. The number of hydrogen-bond acceptors (Lipinski definition) is 2. The van der Waals surface area contributed by atoms with E-state index in [2.05, 4.69) is 4.72 Å². The van der Waals surface area contributed by atoms with E-state index in [-0.39, 0.29) is 0 Å². The molecule has 4 heteroatoms. The van der Waals surface area contributed by atoms with Gasteiger partial charge in [0.1, 0.15) is 0 Å². The largest absolute Gasteiger partial charge is 0.213 e. The van der Waals surface area contributed by atoms with Gasteiger partial charge in [0.05, 0.1) is 6.26 Å². The van der Waals surface area contributed by atoms with E-state index < -0.39 is 10.0 Å². The number of rotatable bonds is 3. The van der Waals surface area contributed by atoms with Crippen LogP contribution in [0.3, 0.4) is 0 Å². The van der Waals surface area contributed by atoms with Crippen molar-refractivity contribution in [2.45, 2.75) is 13.5 Å². The predicted octanol–water partition coefficient (Wildman–Crippen LogP) is 1.04. The lowest BCUT2D eigenvalue weighted by atomic mass is 10.1. The summed E-state index contributed by atoms with van der Waals surface area (Å²) >= 11 is 0. The average Bonchev–Trinajstić information content (AvgIpc) is 2.00. The maximum absolute atomic E-state index is 10.8. The first-order chi connectivity index (χ1) is 5.97. The Bertz CT molecular complexity index is 384. The van der Waals surface area contributed by atoms with Gasteiger partial charge >= 0.3 is 0 Å². The van der Waals surface area contributed by atoms with Crippen molar-refractivity contribution in [3.8, 4) is 0 Å². The second-order valence-electron chi connectivity index (χ2n) is 3.08. The Labute approximate surface area is 78.8 Å². The zero-order chi connectivity index (χ0) is 9.90. The van der Waals surface area contributed by atoms with Crippen molar-refractivity contribution in [1.29, 1.82) is 0 Å². The zero-order valence-electron chi connectivity index (χ0n) is 7.74. The molecule has 1 rings (SSSR count). The maximum Gasteiger partial charge on any atom is 0.209 e.